The Kier molecular flexibility index (Phi) is 5.02. The van der Waals surface area contributed by atoms with Gasteiger partial charge in [0, 0.05) is 22.0 Å². The first-order valence-corrected chi connectivity index (χ1v) is 9.06. The van der Waals surface area contributed by atoms with Gasteiger partial charge in [-0.1, -0.05) is 0 Å². The summed E-state index contributed by atoms with van der Waals surface area (Å²) in [5, 5.41) is 9.29. The predicted octanol–water partition coefficient (Wildman–Crippen LogP) is 4.30. The van der Waals surface area contributed by atoms with Crippen LogP contribution in [0.3, 0.4) is 0 Å². The van der Waals surface area contributed by atoms with Crippen LogP contribution in [0.25, 0.3) is 10.6 Å². The van der Waals surface area contributed by atoms with Crippen molar-refractivity contribution in [2.45, 2.75) is 6.92 Å². The summed E-state index contributed by atoms with van der Waals surface area (Å²) >= 11 is 3.02. The van der Waals surface area contributed by atoms with E-state index >= 15 is 0 Å². The van der Waals surface area contributed by atoms with Crippen molar-refractivity contribution in [3.8, 4) is 10.6 Å². The van der Waals surface area contributed by atoms with E-state index in [0.29, 0.717) is 23.6 Å². The topological polar surface area (TPSA) is 68.3 Å². The van der Waals surface area contributed by atoms with Crippen molar-refractivity contribution in [2.75, 3.05) is 11.9 Å². The second kappa shape index (κ2) is 7.37. The molecule has 24 heavy (non-hydrogen) atoms. The molecular weight excluding hydrogens is 344 g/mol. The second-order valence-electron chi connectivity index (χ2n) is 4.80. The SMILES string of the molecule is CCOC(=O)c1ccc(NC(=O)c2csc(-c3ccsc3)n2)cc1. The molecule has 2 heterocycles. The Morgan fingerprint density at radius 2 is 1.96 bits per heavy atom. The molecule has 0 radical (unpaired) electrons. The standard InChI is InChI=1S/C17H14N2O3S2/c1-2-22-17(21)11-3-5-13(6-4-11)18-15(20)14-10-24-16(19-14)12-7-8-23-9-12/h3-10H,2H2,1H3,(H,18,20). The molecule has 1 aromatic carbocycles. The number of nitrogens with one attached hydrogen (secondary N) is 1. The molecule has 0 saturated carbocycles. The molecular formula is C17H14N2O3S2. The highest BCUT2D eigenvalue weighted by molar-refractivity contribution is 7.14. The number of nitrogens with zero attached hydrogens (tertiary/aromatic N) is 1. The van der Waals surface area contributed by atoms with Crippen LogP contribution in [0.1, 0.15) is 27.8 Å². The van der Waals surface area contributed by atoms with Crippen molar-refractivity contribution in [2.24, 2.45) is 0 Å². The highest BCUT2D eigenvalue weighted by Gasteiger charge is 2.13. The smallest absolute Gasteiger partial charge is 0.338 e. The largest absolute Gasteiger partial charge is 0.462 e. The molecule has 0 unspecified atom stereocenters. The van der Waals surface area contributed by atoms with E-state index in [-0.39, 0.29) is 11.9 Å². The van der Waals surface area contributed by atoms with Crippen molar-refractivity contribution in [3.05, 3.63) is 57.7 Å². The van der Waals surface area contributed by atoms with E-state index in [9.17, 15) is 9.59 Å². The zero-order valence-electron chi connectivity index (χ0n) is 12.8. The van der Waals surface area contributed by atoms with Crippen LogP contribution in [0.2, 0.25) is 0 Å². The van der Waals surface area contributed by atoms with E-state index in [0.717, 1.165) is 10.6 Å². The summed E-state index contributed by atoms with van der Waals surface area (Å²) in [4.78, 5) is 28.2. The van der Waals surface area contributed by atoms with Crippen LogP contribution >= 0.6 is 22.7 Å². The number of hydrogen-bond donors (Lipinski definition) is 1. The number of carbonyl (C=O) groups is 2. The highest BCUT2D eigenvalue weighted by Crippen LogP contribution is 2.26. The number of esters is 1. The summed E-state index contributed by atoms with van der Waals surface area (Å²) in [5.41, 5.74) is 2.43. The third-order valence-corrected chi connectivity index (χ3v) is 4.73. The van der Waals surface area contributed by atoms with Crippen LogP contribution in [-0.2, 0) is 4.74 Å². The molecule has 3 rings (SSSR count). The van der Waals surface area contributed by atoms with Gasteiger partial charge in [-0.05, 0) is 42.6 Å². The number of benzene rings is 1. The normalized spacial score (nSPS) is 10.4. The van der Waals surface area contributed by atoms with Crippen LogP contribution in [0, 0.1) is 0 Å². The van der Waals surface area contributed by atoms with Gasteiger partial charge in [0.15, 0.2) is 0 Å². The zero-order valence-corrected chi connectivity index (χ0v) is 14.4. The Labute approximate surface area is 146 Å². The number of hydrogen-bond acceptors (Lipinski definition) is 6. The summed E-state index contributed by atoms with van der Waals surface area (Å²) < 4.78 is 4.92. The van der Waals surface area contributed by atoms with E-state index in [4.69, 9.17) is 4.74 Å². The minimum Gasteiger partial charge on any atom is -0.462 e. The predicted molar refractivity (Wildman–Crippen MR) is 95.8 cm³/mol. The van der Waals surface area contributed by atoms with Gasteiger partial charge < -0.3 is 10.1 Å². The van der Waals surface area contributed by atoms with Gasteiger partial charge in [0.25, 0.3) is 5.91 Å². The summed E-state index contributed by atoms with van der Waals surface area (Å²) in [6.07, 6.45) is 0. The summed E-state index contributed by atoms with van der Waals surface area (Å²) in [6.45, 7) is 2.08. The number of amides is 1. The number of anilines is 1. The van der Waals surface area contributed by atoms with Crippen molar-refractivity contribution in [3.63, 3.8) is 0 Å². The number of thiophene rings is 1. The lowest BCUT2D eigenvalue weighted by molar-refractivity contribution is 0.0526. The van der Waals surface area contributed by atoms with Gasteiger partial charge in [0.05, 0.1) is 12.2 Å². The van der Waals surface area contributed by atoms with E-state index < -0.39 is 0 Å². The quantitative estimate of drug-likeness (QED) is 0.691. The molecule has 0 fully saturated rings. The monoisotopic (exact) mass is 358 g/mol. The summed E-state index contributed by atoms with van der Waals surface area (Å²) in [6, 6.07) is 8.53. The minimum absolute atomic E-state index is 0.281. The molecule has 1 amide bonds. The molecule has 0 saturated heterocycles. The van der Waals surface area contributed by atoms with Gasteiger partial charge in [-0.2, -0.15) is 11.3 Å². The maximum Gasteiger partial charge on any atom is 0.338 e. The number of rotatable bonds is 5. The van der Waals surface area contributed by atoms with E-state index in [1.807, 2.05) is 16.8 Å². The zero-order chi connectivity index (χ0) is 16.9. The maximum atomic E-state index is 12.3. The van der Waals surface area contributed by atoms with Crippen LogP contribution in [0.15, 0.2) is 46.5 Å². The van der Waals surface area contributed by atoms with Crippen LogP contribution < -0.4 is 5.32 Å². The summed E-state index contributed by atoms with van der Waals surface area (Å²) in [7, 11) is 0. The van der Waals surface area contributed by atoms with Gasteiger partial charge in [0.1, 0.15) is 10.7 Å². The highest BCUT2D eigenvalue weighted by atomic mass is 32.1. The fourth-order valence-corrected chi connectivity index (χ4v) is 3.51. The number of thiazole rings is 1. The average molecular weight is 358 g/mol. The molecule has 0 aliphatic heterocycles. The first-order chi connectivity index (χ1) is 11.7. The van der Waals surface area contributed by atoms with E-state index in [1.165, 1.54) is 11.3 Å². The molecule has 3 aromatic rings. The van der Waals surface area contributed by atoms with Crippen LogP contribution in [0.5, 0.6) is 0 Å². The molecule has 5 nitrogen and oxygen atoms in total. The first-order valence-electron chi connectivity index (χ1n) is 7.24. The minimum atomic E-state index is -0.379. The van der Waals surface area contributed by atoms with E-state index in [1.54, 1.807) is 47.9 Å². The Morgan fingerprint density at radius 1 is 1.17 bits per heavy atom. The van der Waals surface area contributed by atoms with Gasteiger partial charge in [-0.15, -0.1) is 11.3 Å². The summed E-state index contributed by atoms with van der Waals surface area (Å²) in [5.74, 6) is -0.660. The Hall–Kier alpha value is -2.51. The maximum absolute atomic E-state index is 12.3. The van der Waals surface area contributed by atoms with Crippen LogP contribution in [0.4, 0.5) is 5.69 Å². The molecule has 0 atom stereocenters. The molecule has 1 N–H and O–H groups in total. The van der Waals surface area contributed by atoms with Crippen molar-refractivity contribution >= 4 is 40.2 Å². The molecule has 0 bridgehead atoms. The Bertz CT molecular complexity index is 839. The third kappa shape index (κ3) is 3.69. The second-order valence-corrected chi connectivity index (χ2v) is 6.44. The number of ether oxygens (including phenoxy) is 1. The number of aromatic nitrogens is 1. The average Bonchev–Trinajstić information content (AvgIpc) is 3.27. The van der Waals surface area contributed by atoms with Crippen LogP contribution in [-0.4, -0.2) is 23.5 Å². The number of carbonyl (C=O) groups excluding carboxylic acids is 2. The van der Waals surface area contributed by atoms with Gasteiger partial charge in [0.2, 0.25) is 0 Å². The Balaban J connectivity index is 1.67. The lowest BCUT2D eigenvalue weighted by Crippen LogP contribution is -2.12. The lowest BCUT2D eigenvalue weighted by atomic mass is 10.2. The molecule has 0 aliphatic rings. The third-order valence-electron chi connectivity index (χ3n) is 3.16. The molecule has 7 heteroatoms. The van der Waals surface area contributed by atoms with Gasteiger partial charge >= 0.3 is 5.97 Å². The van der Waals surface area contributed by atoms with Gasteiger partial charge in [-0.3, -0.25) is 4.79 Å². The van der Waals surface area contributed by atoms with E-state index in [2.05, 4.69) is 10.3 Å². The molecule has 0 spiro atoms. The van der Waals surface area contributed by atoms with Crippen molar-refractivity contribution in [1.29, 1.82) is 0 Å². The molecule has 0 aliphatic carbocycles. The molecule has 122 valence electrons. The van der Waals surface area contributed by atoms with Crippen molar-refractivity contribution in [1.82, 2.24) is 4.98 Å². The lowest BCUT2D eigenvalue weighted by Gasteiger charge is -2.05. The fraction of sp³-hybridized carbons (Fsp3) is 0.118. The first kappa shape index (κ1) is 16.4. The Morgan fingerprint density at radius 3 is 2.62 bits per heavy atom. The molecule has 2 aromatic heterocycles. The van der Waals surface area contributed by atoms with Gasteiger partial charge in [-0.25, -0.2) is 9.78 Å². The van der Waals surface area contributed by atoms with Crippen molar-refractivity contribution < 1.29 is 14.3 Å². The fourth-order valence-electron chi connectivity index (χ4n) is 2.00.